The van der Waals surface area contributed by atoms with Crippen molar-refractivity contribution in [3.05, 3.63) is 102 Å². The number of anilines is 1. The molecular formula is C23H22N3O3. The lowest BCUT2D eigenvalue weighted by Crippen LogP contribution is -2.51. The fourth-order valence-corrected chi connectivity index (χ4v) is 2.66. The number of carbonyl (C=O) groups excluding carboxylic acids is 2. The summed E-state index contributed by atoms with van der Waals surface area (Å²) in [6, 6.07) is 28.1. The molecule has 0 aliphatic heterocycles. The van der Waals surface area contributed by atoms with E-state index in [1.165, 1.54) is 0 Å². The number of benzene rings is 3. The molecule has 6 nitrogen and oxygen atoms in total. The third kappa shape index (κ3) is 6.79. The first-order valence-electron chi connectivity index (χ1n) is 9.24. The van der Waals surface area contributed by atoms with Gasteiger partial charge in [-0.15, -0.1) is 0 Å². The molecule has 3 aromatic carbocycles. The van der Waals surface area contributed by atoms with Crippen LogP contribution in [0.1, 0.15) is 11.1 Å². The molecule has 3 rings (SSSR count). The zero-order chi connectivity index (χ0) is 20.3. The van der Waals surface area contributed by atoms with Crippen molar-refractivity contribution < 1.29 is 14.3 Å². The second kappa shape index (κ2) is 10.6. The number of hydrogen-bond acceptors (Lipinski definition) is 4. The highest BCUT2D eigenvalue weighted by Gasteiger charge is 2.20. The van der Waals surface area contributed by atoms with Crippen molar-refractivity contribution in [1.29, 1.82) is 0 Å². The van der Waals surface area contributed by atoms with Crippen molar-refractivity contribution >= 4 is 17.7 Å². The summed E-state index contributed by atoms with van der Waals surface area (Å²) < 4.78 is 5.18. The minimum Gasteiger partial charge on any atom is -0.444 e. The number of nitrogens with one attached hydrogen (secondary N) is 3. The summed E-state index contributed by atoms with van der Waals surface area (Å²) in [6.07, 6.45) is -0.268. The molecule has 0 unspecified atom stereocenters. The van der Waals surface area contributed by atoms with Gasteiger partial charge in [0.15, 0.2) is 0 Å². The fraction of sp³-hybridized carbons (Fsp3) is 0.130. The second-order valence-electron chi connectivity index (χ2n) is 6.35. The van der Waals surface area contributed by atoms with E-state index in [4.69, 9.17) is 4.74 Å². The van der Waals surface area contributed by atoms with Gasteiger partial charge in [0.2, 0.25) is 5.91 Å². The molecule has 0 heterocycles. The van der Waals surface area contributed by atoms with Crippen LogP contribution in [0.4, 0.5) is 10.5 Å². The zero-order valence-electron chi connectivity index (χ0n) is 15.8. The molecule has 0 bridgehead atoms. The van der Waals surface area contributed by atoms with E-state index in [1.807, 2.05) is 60.7 Å². The summed E-state index contributed by atoms with van der Waals surface area (Å²) in [6.45, 7) is 0.143. The second-order valence-corrected chi connectivity index (χ2v) is 6.35. The van der Waals surface area contributed by atoms with Gasteiger partial charge in [0, 0.05) is 5.69 Å². The Morgan fingerprint density at radius 2 is 1.59 bits per heavy atom. The standard InChI is InChI=1S/C23H22N3O3/c27-22(24-20-14-8-3-9-15-20)21(16-18-10-4-1-5-11-18)25-26-23(28)29-17-19-12-6-2-7-13-19/h1-8,10-15,21,25H,16-17H2,(H,24,27)(H,26,28)/t21-/m0/s1. The van der Waals surface area contributed by atoms with Crippen LogP contribution >= 0.6 is 0 Å². The van der Waals surface area contributed by atoms with Crippen LogP contribution < -0.4 is 16.2 Å². The van der Waals surface area contributed by atoms with E-state index in [1.54, 1.807) is 24.3 Å². The van der Waals surface area contributed by atoms with Gasteiger partial charge in [-0.3, -0.25) is 10.2 Å². The molecule has 0 aliphatic carbocycles. The molecule has 0 fully saturated rings. The maximum atomic E-state index is 12.7. The Kier molecular flexibility index (Phi) is 7.37. The molecular weight excluding hydrogens is 366 g/mol. The van der Waals surface area contributed by atoms with E-state index < -0.39 is 12.1 Å². The molecule has 147 valence electrons. The highest BCUT2D eigenvalue weighted by atomic mass is 16.6. The van der Waals surface area contributed by atoms with Crippen molar-refractivity contribution in [2.45, 2.75) is 19.1 Å². The van der Waals surface area contributed by atoms with Gasteiger partial charge in [-0.05, 0) is 35.7 Å². The maximum Gasteiger partial charge on any atom is 0.421 e. The topological polar surface area (TPSA) is 79.5 Å². The Labute approximate surface area is 169 Å². The first-order chi connectivity index (χ1) is 14.2. The van der Waals surface area contributed by atoms with Gasteiger partial charge in [0.1, 0.15) is 12.6 Å². The van der Waals surface area contributed by atoms with Crippen LogP contribution in [0.3, 0.4) is 0 Å². The number of carbonyl (C=O) groups is 2. The molecule has 0 aliphatic rings. The van der Waals surface area contributed by atoms with Crippen LogP contribution in [0.2, 0.25) is 0 Å². The van der Waals surface area contributed by atoms with E-state index in [-0.39, 0.29) is 12.5 Å². The molecule has 0 saturated heterocycles. The molecule has 1 atom stereocenters. The van der Waals surface area contributed by atoms with Crippen molar-refractivity contribution in [2.75, 3.05) is 5.32 Å². The Morgan fingerprint density at radius 1 is 0.897 bits per heavy atom. The summed E-state index contributed by atoms with van der Waals surface area (Å²) in [5.74, 6) is -0.281. The average Bonchev–Trinajstić information content (AvgIpc) is 2.77. The fourth-order valence-electron chi connectivity index (χ4n) is 2.66. The van der Waals surface area contributed by atoms with Crippen molar-refractivity contribution in [1.82, 2.24) is 10.9 Å². The molecule has 0 aromatic heterocycles. The van der Waals surface area contributed by atoms with Gasteiger partial charge in [-0.2, -0.15) is 0 Å². The Bertz CT molecular complexity index is 902. The maximum absolute atomic E-state index is 12.7. The highest BCUT2D eigenvalue weighted by Crippen LogP contribution is 2.08. The number of amides is 2. The highest BCUT2D eigenvalue weighted by molar-refractivity contribution is 5.95. The zero-order valence-corrected chi connectivity index (χ0v) is 15.8. The Balaban J connectivity index is 1.58. The summed E-state index contributed by atoms with van der Waals surface area (Å²) in [5, 5.41) is 2.82. The van der Waals surface area contributed by atoms with Gasteiger partial charge in [0.25, 0.3) is 0 Å². The summed E-state index contributed by atoms with van der Waals surface area (Å²) >= 11 is 0. The number of rotatable bonds is 8. The van der Waals surface area contributed by atoms with Gasteiger partial charge < -0.3 is 10.1 Å². The van der Waals surface area contributed by atoms with Crippen LogP contribution in [-0.4, -0.2) is 18.0 Å². The molecule has 0 spiro atoms. The van der Waals surface area contributed by atoms with Gasteiger partial charge in [-0.25, -0.2) is 10.2 Å². The smallest absolute Gasteiger partial charge is 0.421 e. The normalized spacial score (nSPS) is 11.3. The third-order valence-electron chi connectivity index (χ3n) is 4.13. The predicted octanol–water partition coefficient (Wildman–Crippen LogP) is 3.47. The molecule has 29 heavy (non-hydrogen) atoms. The van der Waals surface area contributed by atoms with E-state index in [0.717, 1.165) is 11.1 Å². The number of hydrogen-bond donors (Lipinski definition) is 3. The van der Waals surface area contributed by atoms with Crippen LogP contribution in [0.25, 0.3) is 0 Å². The third-order valence-corrected chi connectivity index (χ3v) is 4.13. The monoisotopic (exact) mass is 388 g/mol. The number of hydrazine groups is 1. The van der Waals surface area contributed by atoms with Gasteiger partial charge in [-0.1, -0.05) is 72.8 Å². The molecule has 0 saturated carbocycles. The summed E-state index contributed by atoms with van der Waals surface area (Å²) in [4.78, 5) is 24.8. The summed E-state index contributed by atoms with van der Waals surface area (Å²) in [7, 11) is 0. The van der Waals surface area contributed by atoms with Crippen LogP contribution in [0, 0.1) is 6.07 Å². The average molecular weight is 388 g/mol. The SMILES string of the molecule is O=C(NN[C@@H](Cc1ccccc1)C(=O)Nc1c[c]ccc1)OCc1ccccc1. The molecule has 6 heteroatoms. The van der Waals surface area contributed by atoms with E-state index >= 15 is 0 Å². The van der Waals surface area contributed by atoms with E-state index in [2.05, 4.69) is 22.2 Å². The quantitative estimate of drug-likeness (QED) is 0.516. The lowest BCUT2D eigenvalue weighted by molar-refractivity contribution is -0.118. The van der Waals surface area contributed by atoms with Gasteiger partial charge in [0.05, 0.1) is 0 Å². The minimum atomic E-state index is -0.693. The minimum absolute atomic E-state index is 0.143. The van der Waals surface area contributed by atoms with Crippen molar-refractivity contribution in [2.24, 2.45) is 0 Å². The van der Waals surface area contributed by atoms with E-state index in [9.17, 15) is 9.59 Å². The largest absolute Gasteiger partial charge is 0.444 e. The molecule has 3 aromatic rings. The van der Waals surface area contributed by atoms with Crippen LogP contribution in [-0.2, 0) is 22.6 Å². The van der Waals surface area contributed by atoms with Crippen molar-refractivity contribution in [3.63, 3.8) is 0 Å². The molecule has 3 N–H and O–H groups in total. The first-order valence-corrected chi connectivity index (χ1v) is 9.24. The number of ether oxygens (including phenoxy) is 1. The van der Waals surface area contributed by atoms with Gasteiger partial charge >= 0.3 is 6.09 Å². The van der Waals surface area contributed by atoms with Crippen LogP contribution in [0.5, 0.6) is 0 Å². The van der Waals surface area contributed by atoms with Crippen LogP contribution in [0.15, 0.2) is 84.9 Å². The predicted molar refractivity (Wildman–Crippen MR) is 111 cm³/mol. The van der Waals surface area contributed by atoms with E-state index in [0.29, 0.717) is 12.1 Å². The molecule has 1 radical (unpaired) electrons. The Hall–Kier alpha value is -3.64. The lowest BCUT2D eigenvalue weighted by Gasteiger charge is -2.19. The van der Waals surface area contributed by atoms with Crippen molar-refractivity contribution in [3.8, 4) is 0 Å². The summed E-state index contributed by atoms with van der Waals surface area (Å²) in [5.41, 5.74) is 7.70. The Morgan fingerprint density at radius 3 is 2.24 bits per heavy atom. The first kappa shape index (κ1) is 20.1. The molecule has 2 amide bonds. The lowest BCUT2D eigenvalue weighted by atomic mass is 10.1.